The predicted octanol–water partition coefficient (Wildman–Crippen LogP) is 7.29. The SMILES string of the molecule is Cc1cc(C(=O)O)cc(S(N)(=O)=O)c1Oc1ccccc1.Cc1cc(C(=O)O)cc(S(N)(=O)=O)c1Oc1ccccc1.c1ccoc1.c1ccsc1. The number of hydrogen-bond acceptors (Lipinski definition) is 10. The summed E-state index contributed by atoms with van der Waals surface area (Å²) in [5, 5.41) is 32.4. The van der Waals surface area contributed by atoms with Crippen LogP contribution in [0.3, 0.4) is 0 Å². The first kappa shape index (κ1) is 40.6. The summed E-state index contributed by atoms with van der Waals surface area (Å²) < 4.78 is 62.4. The van der Waals surface area contributed by atoms with Gasteiger partial charge in [0.2, 0.25) is 20.0 Å². The molecular formula is C36H34N2O11S3. The number of aromatic carboxylic acids is 2. The minimum atomic E-state index is -4.12. The number of primary sulfonamides is 2. The van der Waals surface area contributed by atoms with Crippen LogP contribution in [0.4, 0.5) is 0 Å². The van der Waals surface area contributed by atoms with Crippen molar-refractivity contribution in [2.24, 2.45) is 10.3 Å². The Bertz CT molecular complexity index is 2060. The van der Waals surface area contributed by atoms with E-state index in [1.54, 1.807) is 98.4 Å². The molecule has 0 fully saturated rings. The van der Waals surface area contributed by atoms with Crippen LogP contribution in [0.5, 0.6) is 23.0 Å². The standard InChI is InChI=1S/2C14H13NO5S.C4H4O.C4H4S/c2*1-9-7-10(14(16)17)8-12(21(15,18)19)13(9)20-11-5-3-2-4-6-11;2*1-2-4-5-3-1/h2*2-8H,1H3,(H,16,17)(H2,15,18,19);2*1-4H. The average molecular weight is 767 g/mol. The molecule has 0 spiro atoms. The Morgan fingerprint density at radius 2 is 0.962 bits per heavy atom. The van der Waals surface area contributed by atoms with Gasteiger partial charge in [0.1, 0.15) is 32.8 Å². The van der Waals surface area contributed by atoms with Crippen molar-refractivity contribution in [1.29, 1.82) is 0 Å². The van der Waals surface area contributed by atoms with Crippen molar-refractivity contribution in [3.05, 3.63) is 155 Å². The van der Waals surface area contributed by atoms with Gasteiger partial charge in [-0.15, -0.1) is 0 Å². The molecule has 6 aromatic rings. The normalized spacial score (nSPS) is 10.5. The molecule has 52 heavy (non-hydrogen) atoms. The van der Waals surface area contributed by atoms with E-state index in [1.165, 1.54) is 12.1 Å². The van der Waals surface area contributed by atoms with Crippen molar-refractivity contribution in [1.82, 2.24) is 0 Å². The molecule has 0 atom stereocenters. The Hall–Kier alpha value is -5.78. The Morgan fingerprint density at radius 1 is 0.596 bits per heavy atom. The van der Waals surface area contributed by atoms with E-state index in [0.29, 0.717) is 22.6 Å². The molecule has 2 aromatic heterocycles. The topological polar surface area (TPSA) is 227 Å². The van der Waals surface area contributed by atoms with Crippen LogP contribution in [0.2, 0.25) is 0 Å². The Kier molecular flexibility index (Phi) is 14.9. The smallest absolute Gasteiger partial charge is 0.335 e. The first-order valence-electron chi connectivity index (χ1n) is 14.8. The lowest BCUT2D eigenvalue weighted by Gasteiger charge is -2.13. The molecule has 0 aliphatic rings. The quantitative estimate of drug-likeness (QED) is 0.120. The number of nitrogens with two attached hydrogens (primary N) is 2. The van der Waals surface area contributed by atoms with Gasteiger partial charge in [0.15, 0.2) is 0 Å². The number of para-hydroxylation sites is 2. The van der Waals surface area contributed by atoms with E-state index in [1.807, 2.05) is 35.0 Å². The Labute approximate surface area is 304 Å². The van der Waals surface area contributed by atoms with E-state index < -0.39 is 32.0 Å². The second kappa shape index (κ2) is 19.0. The number of furan rings is 1. The van der Waals surface area contributed by atoms with Gasteiger partial charge in [0.25, 0.3) is 0 Å². The number of carboxylic acid groups (broad SMARTS) is 2. The molecule has 272 valence electrons. The van der Waals surface area contributed by atoms with Crippen molar-refractivity contribution >= 4 is 43.3 Å². The Morgan fingerprint density at radius 3 is 1.21 bits per heavy atom. The second-order valence-electron chi connectivity index (χ2n) is 10.4. The van der Waals surface area contributed by atoms with Gasteiger partial charge in [-0.3, -0.25) is 0 Å². The van der Waals surface area contributed by atoms with Crippen molar-refractivity contribution in [2.45, 2.75) is 23.6 Å². The van der Waals surface area contributed by atoms with E-state index in [2.05, 4.69) is 4.42 Å². The Balaban J connectivity index is 0.000000220. The van der Waals surface area contributed by atoms with Gasteiger partial charge in [-0.25, -0.2) is 36.7 Å². The second-order valence-corrected chi connectivity index (χ2v) is 14.2. The first-order valence-corrected chi connectivity index (χ1v) is 18.8. The fourth-order valence-corrected chi connectivity index (χ4v) is 6.04. The molecule has 0 saturated heterocycles. The molecule has 4 aromatic carbocycles. The summed E-state index contributed by atoms with van der Waals surface area (Å²) in [5.41, 5.74) is 0.388. The van der Waals surface area contributed by atoms with Gasteiger partial charge in [-0.05, 0) is 96.4 Å². The summed E-state index contributed by atoms with van der Waals surface area (Å²) in [7, 11) is -8.24. The molecule has 16 heteroatoms. The molecule has 0 radical (unpaired) electrons. The molecule has 0 unspecified atom stereocenters. The molecule has 0 saturated carbocycles. The molecule has 6 N–H and O–H groups in total. The van der Waals surface area contributed by atoms with Gasteiger partial charge in [0.05, 0.1) is 23.7 Å². The first-order chi connectivity index (χ1) is 24.6. The fraction of sp³-hybridized carbons (Fsp3) is 0.0556. The lowest BCUT2D eigenvalue weighted by molar-refractivity contribution is 0.0685. The summed E-state index contributed by atoms with van der Waals surface area (Å²) in [6.45, 7) is 3.11. The minimum absolute atomic E-state index is 0.0219. The number of thiophene rings is 1. The van der Waals surface area contributed by atoms with Crippen molar-refractivity contribution < 1.29 is 50.5 Å². The minimum Gasteiger partial charge on any atom is -0.478 e. The van der Waals surface area contributed by atoms with Gasteiger partial charge in [-0.1, -0.05) is 48.5 Å². The summed E-state index contributed by atoms with van der Waals surface area (Å²) in [6, 6.07) is 29.4. The van der Waals surface area contributed by atoms with Crippen LogP contribution < -0.4 is 19.8 Å². The third kappa shape index (κ3) is 12.8. The molecule has 6 rings (SSSR count). The lowest BCUT2D eigenvalue weighted by Crippen LogP contribution is -2.15. The third-order valence-corrected chi connectivity index (χ3v) is 8.83. The number of carboxylic acids is 2. The largest absolute Gasteiger partial charge is 0.478 e. The van der Waals surface area contributed by atoms with Crippen LogP contribution in [0, 0.1) is 13.8 Å². The maximum Gasteiger partial charge on any atom is 0.335 e. The molecular weight excluding hydrogens is 733 g/mol. The third-order valence-electron chi connectivity index (χ3n) is 6.37. The maximum absolute atomic E-state index is 11.7. The zero-order chi connectivity index (χ0) is 38.3. The number of carbonyl (C=O) groups is 2. The number of hydrogen-bond donors (Lipinski definition) is 4. The molecule has 13 nitrogen and oxygen atoms in total. The summed E-state index contributed by atoms with van der Waals surface area (Å²) in [4.78, 5) is 21.3. The highest BCUT2D eigenvalue weighted by molar-refractivity contribution is 7.89. The van der Waals surface area contributed by atoms with Gasteiger partial charge in [-0.2, -0.15) is 11.3 Å². The molecule has 0 bridgehead atoms. The molecule has 0 amide bonds. The number of aryl methyl sites for hydroxylation is 2. The van der Waals surface area contributed by atoms with Gasteiger partial charge < -0.3 is 24.1 Å². The van der Waals surface area contributed by atoms with Crippen LogP contribution in [0.15, 0.2) is 147 Å². The van der Waals surface area contributed by atoms with Crippen LogP contribution in [0.25, 0.3) is 0 Å². The zero-order valence-electron chi connectivity index (χ0n) is 27.6. The highest BCUT2D eigenvalue weighted by Crippen LogP contribution is 2.34. The fourth-order valence-electron chi connectivity index (χ4n) is 4.08. The van der Waals surface area contributed by atoms with Crippen LogP contribution in [-0.4, -0.2) is 39.0 Å². The lowest BCUT2D eigenvalue weighted by atomic mass is 10.1. The molecule has 2 heterocycles. The predicted molar refractivity (Wildman–Crippen MR) is 195 cm³/mol. The van der Waals surface area contributed by atoms with Crippen LogP contribution in [0.1, 0.15) is 31.8 Å². The number of ether oxygens (including phenoxy) is 2. The molecule has 0 aliphatic heterocycles. The van der Waals surface area contributed by atoms with Crippen LogP contribution >= 0.6 is 11.3 Å². The van der Waals surface area contributed by atoms with Gasteiger partial charge >= 0.3 is 11.9 Å². The highest BCUT2D eigenvalue weighted by Gasteiger charge is 2.23. The van der Waals surface area contributed by atoms with E-state index in [4.69, 9.17) is 30.0 Å². The molecule has 0 aliphatic carbocycles. The van der Waals surface area contributed by atoms with E-state index >= 15 is 0 Å². The number of benzene rings is 4. The summed E-state index contributed by atoms with van der Waals surface area (Å²) in [6.07, 6.45) is 3.25. The summed E-state index contributed by atoms with van der Waals surface area (Å²) >= 11 is 1.71. The number of rotatable bonds is 8. The summed E-state index contributed by atoms with van der Waals surface area (Å²) in [5.74, 6) is -1.59. The van der Waals surface area contributed by atoms with E-state index in [0.717, 1.165) is 12.1 Å². The highest BCUT2D eigenvalue weighted by atomic mass is 32.2. The monoisotopic (exact) mass is 766 g/mol. The van der Waals surface area contributed by atoms with E-state index in [-0.39, 0.29) is 32.4 Å². The van der Waals surface area contributed by atoms with Crippen molar-refractivity contribution in [2.75, 3.05) is 0 Å². The van der Waals surface area contributed by atoms with Crippen molar-refractivity contribution in [3.63, 3.8) is 0 Å². The van der Waals surface area contributed by atoms with Gasteiger partial charge in [0, 0.05) is 0 Å². The average Bonchev–Trinajstić information content (AvgIpc) is 3.87. The van der Waals surface area contributed by atoms with E-state index in [9.17, 15) is 26.4 Å². The number of sulfonamides is 2. The maximum atomic E-state index is 11.7. The van der Waals surface area contributed by atoms with Crippen molar-refractivity contribution in [3.8, 4) is 23.0 Å². The van der Waals surface area contributed by atoms with Crippen LogP contribution in [-0.2, 0) is 20.0 Å². The zero-order valence-corrected chi connectivity index (χ0v) is 30.1.